The van der Waals surface area contributed by atoms with Crippen LogP contribution in [-0.4, -0.2) is 8.07 Å². The maximum Gasteiger partial charge on any atom is 0.129 e. The van der Waals surface area contributed by atoms with Gasteiger partial charge in [-0.05, 0) is 29.8 Å². The first-order valence-corrected chi connectivity index (χ1v) is 10.7. The van der Waals surface area contributed by atoms with Crippen molar-refractivity contribution < 1.29 is 0 Å². The Morgan fingerprint density at radius 2 is 1.57 bits per heavy atom. The number of nitrogens with one attached hydrogen (secondary N) is 2. The van der Waals surface area contributed by atoms with E-state index in [-0.39, 0.29) is 0 Å². The normalized spacial score (nSPS) is 10.6. The second-order valence-electron chi connectivity index (χ2n) is 6.04. The number of hydrogen-bond donors (Lipinski definition) is 2. The third kappa shape index (κ3) is 5.86. The molecule has 0 atom stereocenters. The van der Waals surface area contributed by atoms with Gasteiger partial charge in [-0.3, -0.25) is 0 Å². The van der Waals surface area contributed by atoms with Crippen molar-refractivity contribution in [2.75, 3.05) is 5.43 Å². The molecule has 21 heavy (non-hydrogen) atoms. The van der Waals surface area contributed by atoms with Crippen LogP contribution in [0.15, 0.2) is 54.6 Å². The highest BCUT2D eigenvalue weighted by Crippen LogP contribution is 2.06. The summed E-state index contributed by atoms with van der Waals surface area (Å²) in [6.07, 6.45) is 0. The van der Waals surface area contributed by atoms with E-state index < -0.39 is 8.07 Å². The minimum atomic E-state index is -1.30. The SMILES string of the molecule is C[Si](C)(C)C#Cc1ccc(CNNc2ccccc2)cc1. The summed E-state index contributed by atoms with van der Waals surface area (Å²) in [5.41, 5.74) is 13.2. The van der Waals surface area contributed by atoms with Crippen molar-refractivity contribution in [3.63, 3.8) is 0 Å². The molecule has 0 saturated heterocycles. The molecule has 0 aromatic heterocycles. The Labute approximate surface area is 128 Å². The Morgan fingerprint density at radius 3 is 2.19 bits per heavy atom. The molecule has 2 aromatic carbocycles. The fraction of sp³-hybridized carbons (Fsp3) is 0.222. The Hall–Kier alpha value is -2.02. The van der Waals surface area contributed by atoms with Crippen LogP contribution < -0.4 is 10.9 Å². The number of hydrogen-bond acceptors (Lipinski definition) is 2. The van der Waals surface area contributed by atoms with Gasteiger partial charge in [-0.2, -0.15) is 0 Å². The molecule has 0 saturated carbocycles. The summed E-state index contributed by atoms with van der Waals surface area (Å²) < 4.78 is 0. The van der Waals surface area contributed by atoms with Crippen molar-refractivity contribution >= 4 is 13.8 Å². The van der Waals surface area contributed by atoms with E-state index in [1.165, 1.54) is 5.56 Å². The van der Waals surface area contributed by atoms with E-state index in [0.29, 0.717) is 0 Å². The van der Waals surface area contributed by atoms with Crippen LogP contribution in [-0.2, 0) is 6.54 Å². The van der Waals surface area contributed by atoms with Crippen molar-refractivity contribution in [2.45, 2.75) is 26.2 Å². The lowest BCUT2D eigenvalue weighted by Gasteiger charge is -2.08. The number of hydrazine groups is 1. The largest absolute Gasteiger partial charge is 0.321 e. The van der Waals surface area contributed by atoms with Crippen LogP contribution in [0.25, 0.3) is 0 Å². The molecule has 3 heteroatoms. The van der Waals surface area contributed by atoms with Gasteiger partial charge in [0, 0.05) is 17.8 Å². The fourth-order valence-corrected chi connectivity index (χ4v) is 2.25. The summed E-state index contributed by atoms with van der Waals surface area (Å²) in [6.45, 7) is 7.55. The Balaban J connectivity index is 1.86. The number of para-hydroxylation sites is 1. The van der Waals surface area contributed by atoms with Gasteiger partial charge in [0.05, 0.1) is 0 Å². The molecular formula is C18H22N2Si. The first kappa shape index (κ1) is 15.4. The monoisotopic (exact) mass is 294 g/mol. The van der Waals surface area contributed by atoms with Gasteiger partial charge in [0.2, 0.25) is 0 Å². The summed E-state index contributed by atoms with van der Waals surface area (Å²) >= 11 is 0. The Kier molecular flexibility index (Phi) is 5.21. The lowest BCUT2D eigenvalue weighted by Crippen LogP contribution is -2.20. The van der Waals surface area contributed by atoms with Gasteiger partial charge in [-0.1, -0.05) is 55.9 Å². The second kappa shape index (κ2) is 7.12. The molecule has 0 unspecified atom stereocenters. The van der Waals surface area contributed by atoms with Crippen LogP contribution >= 0.6 is 0 Å². The predicted octanol–water partition coefficient (Wildman–Crippen LogP) is 4.03. The highest BCUT2D eigenvalue weighted by molar-refractivity contribution is 6.83. The molecule has 0 spiro atoms. The van der Waals surface area contributed by atoms with E-state index in [2.05, 4.69) is 66.2 Å². The van der Waals surface area contributed by atoms with Gasteiger partial charge in [-0.15, -0.1) is 5.54 Å². The maximum atomic E-state index is 3.38. The molecule has 2 nitrogen and oxygen atoms in total. The summed E-state index contributed by atoms with van der Waals surface area (Å²) in [4.78, 5) is 0. The maximum absolute atomic E-state index is 3.38. The highest BCUT2D eigenvalue weighted by Gasteiger charge is 2.07. The van der Waals surface area contributed by atoms with Crippen LogP contribution in [0, 0.1) is 11.5 Å². The molecule has 0 aliphatic rings. The van der Waals surface area contributed by atoms with Gasteiger partial charge in [0.1, 0.15) is 8.07 Å². The van der Waals surface area contributed by atoms with E-state index in [1.807, 2.05) is 30.3 Å². The molecule has 0 fully saturated rings. The third-order valence-corrected chi connectivity index (χ3v) is 3.71. The van der Waals surface area contributed by atoms with Crippen molar-refractivity contribution in [1.29, 1.82) is 0 Å². The second-order valence-corrected chi connectivity index (χ2v) is 10.8. The van der Waals surface area contributed by atoms with Crippen LogP contribution in [0.4, 0.5) is 5.69 Å². The van der Waals surface area contributed by atoms with Crippen LogP contribution in [0.2, 0.25) is 19.6 Å². The molecular weight excluding hydrogens is 272 g/mol. The van der Waals surface area contributed by atoms with Crippen molar-refractivity contribution in [1.82, 2.24) is 5.43 Å². The summed E-state index contributed by atoms with van der Waals surface area (Å²) in [5.74, 6) is 3.27. The van der Waals surface area contributed by atoms with Crippen molar-refractivity contribution in [2.24, 2.45) is 0 Å². The van der Waals surface area contributed by atoms with Gasteiger partial charge >= 0.3 is 0 Å². The molecule has 0 aliphatic carbocycles. The van der Waals surface area contributed by atoms with Gasteiger partial charge in [-0.25, -0.2) is 5.43 Å². The summed E-state index contributed by atoms with van der Waals surface area (Å²) in [6, 6.07) is 18.5. The molecule has 0 bridgehead atoms. The zero-order valence-electron chi connectivity index (χ0n) is 12.9. The zero-order chi connectivity index (χ0) is 15.1. The van der Waals surface area contributed by atoms with Gasteiger partial charge in [0.25, 0.3) is 0 Å². The molecule has 0 amide bonds. The van der Waals surface area contributed by atoms with E-state index in [0.717, 1.165) is 17.8 Å². The lowest BCUT2D eigenvalue weighted by atomic mass is 10.1. The average molecular weight is 294 g/mol. The van der Waals surface area contributed by atoms with E-state index in [9.17, 15) is 0 Å². The van der Waals surface area contributed by atoms with Crippen LogP contribution in [0.3, 0.4) is 0 Å². The quantitative estimate of drug-likeness (QED) is 0.505. The minimum Gasteiger partial charge on any atom is -0.321 e. The van der Waals surface area contributed by atoms with Gasteiger partial charge in [0.15, 0.2) is 0 Å². The number of rotatable bonds is 4. The highest BCUT2D eigenvalue weighted by atomic mass is 28.3. The lowest BCUT2D eigenvalue weighted by molar-refractivity contribution is 0.801. The number of benzene rings is 2. The Bertz CT molecular complexity index is 616. The fourth-order valence-electron chi connectivity index (χ4n) is 1.74. The molecule has 0 heterocycles. The standard InChI is InChI=1S/C18H22N2Si/c1-21(2,3)14-13-16-9-11-17(12-10-16)15-19-20-18-7-5-4-6-8-18/h4-12,19-20H,15H2,1-3H3. The predicted molar refractivity (Wildman–Crippen MR) is 93.6 cm³/mol. The minimum absolute atomic E-state index is 0.774. The number of anilines is 1. The van der Waals surface area contributed by atoms with E-state index in [1.54, 1.807) is 0 Å². The average Bonchev–Trinajstić information content (AvgIpc) is 2.47. The van der Waals surface area contributed by atoms with Crippen LogP contribution in [0.1, 0.15) is 11.1 Å². The van der Waals surface area contributed by atoms with Crippen molar-refractivity contribution in [3.05, 3.63) is 65.7 Å². The molecule has 0 radical (unpaired) electrons. The van der Waals surface area contributed by atoms with Crippen molar-refractivity contribution in [3.8, 4) is 11.5 Å². The van der Waals surface area contributed by atoms with Crippen LogP contribution in [0.5, 0.6) is 0 Å². The first-order chi connectivity index (χ1) is 10.0. The first-order valence-electron chi connectivity index (χ1n) is 7.19. The third-order valence-electron chi connectivity index (χ3n) is 2.83. The molecule has 2 rings (SSSR count). The van der Waals surface area contributed by atoms with E-state index >= 15 is 0 Å². The topological polar surface area (TPSA) is 24.1 Å². The molecule has 2 N–H and O–H groups in total. The van der Waals surface area contributed by atoms with E-state index in [4.69, 9.17) is 0 Å². The summed E-state index contributed by atoms with van der Waals surface area (Å²) in [5, 5.41) is 0. The smallest absolute Gasteiger partial charge is 0.129 e. The zero-order valence-corrected chi connectivity index (χ0v) is 13.9. The molecule has 108 valence electrons. The van der Waals surface area contributed by atoms with Gasteiger partial charge < -0.3 is 5.43 Å². The molecule has 0 aliphatic heterocycles. The Morgan fingerprint density at radius 1 is 0.905 bits per heavy atom. The summed E-state index contributed by atoms with van der Waals surface area (Å²) in [7, 11) is -1.30. The molecule has 2 aromatic rings.